The third-order valence-corrected chi connectivity index (χ3v) is 2.98. The summed E-state index contributed by atoms with van der Waals surface area (Å²) >= 11 is 3.36. The minimum Gasteiger partial charge on any atom is -0.495 e. The van der Waals surface area contributed by atoms with Crippen molar-refractivity contribution in [2.24, 2.45) is 0 Å². The smallest absolute Gasteiger partial charge is 0.337 e. The Labute approximate surface area is 118 Å². The van der Waals surface area contributed by atoms with Gasteiger partial charge < -0.3 is 15.2 Å². The molecule has 1 aromatic carbocycles. The van der Waals surface area contributed by atoms with Crippen LogP contribution in [0.1, 0.15) is 10.4 Å². The Morgan fingerprint density at radius 2 is 2.16 bits per heavy atom. The van der Waals surface area contributed by atoms with Gasteiger partial charge in [-0.05, 0) is 24.3 Å². The third kappa shape index (κ3) is 3.03. The number of nitrogens with one attached hydrogen (secondary N) is 1. The summed E-state index contributed by atoms with van der Waals surface area (Å²) in [5, 5.41) is 12.1. The van der Waals surface area contributed by atoms with Gasteiger partial charge in [-0.2, -0.15) is 0 Å². The monoisotopic (exact) mass is 322 g/mol. The van der Waals surface area contributed by atoms with Crippen LogP contribution in [-0.4, -0.2) is 23.2 Å². The zero-order chi connectivity index (χ0) is 13.8. The van der Waals surface area contributed by atoms with Crippen LogP contribution in [0.4, 0.5) is 11.4 Å². The second-order valence-corrected chi connectivity index (χ2v) is 4.61. The molecule has 0 aliphatic heterocycles. The van der Waals surface area contributed by atoms with Crippen LogP contribution < -0.4 is 10.1 Å². The summed E-state index contributed by atoms with van der Waals surface area (Å²) in [6, 6.07) is 6.86. The van der Waals surface area contributed by atoms with Gasteiger partial charge in [0, 0.05) is 10.7 Å². The molecule has 2 N–H and O–H groups in total. The van der Waals surface area contributed by atoms with Gasteiger partial charge in [0.25, 0.3) is 0 Å². The molecule has 0 amide bonds. The van der Waals surface area contributed by atoms with Crippen molar-refractivity contribution in [3.05, 3.63) is 46.7 Å². The predicted octanol–water partition coefficient (Wildman–Crippen LogP) is 3.29. The van der Waals surface area contributed by atoms with Crippen LogP contribution in [0.3, 0.4) is 0 Å². The fourth-order valence-electron chi connectivity index (χ4n) is 1.60. The number of hydrogen-bond acceptors (Lipinski definition) is 4. The molecule has 0 fully saturated rings. The second-order valence-electron chi connectivity index (χ2n) is 3.70. The Balaban J connectivity index is 2.41. The number of carbonyl (C=O) groups is 1. The highest BCUT2D eigenvalue weighted by Gasteiger charge is 2.12. The number of rotatable bonds is 4. The van der Waals surface area contributed by atoms with Gasteiger partial charge in [0.05, 0.1) is 30.2 Å². The van der Waals surface area contributed by atoms with E-state index in [0.717, 1.165) is 4.47 Å². The highest BCUT2D eigenvalue weighted by Crippen LogP contribution is 2.31. The molecule has 2 aromatic rings. The van der Waals surface area contributed by atoms with E-state index in [4.69, 9.17) is 9.84 Å². The first-order valence-electron chi connectivity index (χ1n) is 5.39. The van der Waals surface area contributed by atoms with Gasteiger partial charge in [0.1, 0.15) is 5.75 Å². The number of ether oxygens (including phenoxy) is 1. The fraction of sp³-hybridized carbons (Fsp3) is 0.0769. The maximum absolute atomic E-state index is 11.1. The van der Waals surface area contributed by atoms with Crippen LogP contribution in [0.15, 0.2) is 41.1 Å². The van der Waals surface area contributed by atoms with Crippen LogP contribution in [0.5, 0.6) is 5.75 Å². The Morgan fingerprint density at radius 1 is 1.37 bits per heavy atom. The number of aromatic carboxylic acids is 1. The number of benzene rings is 1. The van der Waals surface area contributed by atoms with Crippen molar-refractivity contribution >= 4 is 33.3 Å². The molecule has 0 spiro atoms. The lowest BCUT2D eigenvalue weighted by molar-refractivity contribution is 0.0698. The quantitative estimate of drug-likeness (QED) is 0.903. The third-order valence-electron chi connectivity index (χ3n) is 2.48. The lowest BCUT2D eigenvalue weighted by Crippen LogP contribution is -2.04. The van der Waals surface area contributed by atoms with E-state index < -0.39 is 5.97 Å². The van der Waals surface area contributed by atoms with Crippen molar-refractivity contribution in [2.45, 2.75) is 0 Å². The zero-order valence-corrected chi connectivity index (χ0v) is 11.6. The molecule has 0 saturated carbocycles. The molecule has 0 aliphatic rings. The van der Waals surface area contributed by atoms with E-state index in [-0.39, 0.29) is 5.56 Å². The van der Waals surface area contributed by atoms with Gasteiger partial charge in [-0.25, -0.2) is 4.79 Å². The van der Waals surface area contributed by atoms with Gasteiger partial charge in [0.2, 0.25) is 0 Å². The molecule has 0 unspecified atom stereocenters. The summed E-state index contributed by atoms with van der Waals surface area (Å²) in [4.78, 5) is 15.0. The summed E-state index contributed by atoms with van der Waals surface area (Å²) in [5.41, 5.74) is 1.22. The average molecular weight is 323 g/mol. The first-order valence-corrected chi connectivity index (χ1v) is 6.19. The minimum atomic E-state index is -1.01. The van der Waals surface area contributed by atoms with E-state index in [0.29, 0.717) is 17.1 Å². The van der Waals surface area contributed by atoms with Crippen LogP contribution in [0.2, 0.25) is 0 Å². The number of carboxylic acids is 1. The molecule has 0 radical (unpaired) electrons. The van der Waals surface area contributed by atoms with Crippen molar-refractivity contribution in [1.82, 2.24) is 4.98 Å². The van der Waals surface area contributed by atoms with Crippen LogP contribution in [0, 0.1) is 0 Å². The van der Waals surface area contributed by atoms with Crippen molar-refractivity contribution in [2.75, 3.05) is 12.4 Å². The van der Waals surface area contributed by atoms with E-state index in [9.17, 15) is 4.79 Å². The molecular formula is C13H11BrN2O3. The first-order chi connectivity index (χ1) is 9.11. The number of methoxy groups -OCH3 is 1. The van der Waals surface area contributed by atoms with Crippen LogP contribution >= 0.6 is 15.9 Å². The minimum absolute atomic E-state index is 0.150. The van der Waals surface area contributed by atoms with E-state index in [2.05, 4.69) is 26.2 Å². The van der Waals surface area contributed by atoms with Crippen molar-refractivity contribution in [1.29, 1.82) is 0 Å². The number of halogens is 1. The summed E-state index contributed by atoms with van der Waals surface area (Å²) in [6.45, 7) is 0. The molecule has 2 rings (SSSR count). The Bertz CT molecular complexity index is 617. The molecule has 19 heavy (non-hydrogen) atoms. The van der Waals surface area contributed by atoms with Gasteiger partial charge >= 0.3 is 5.97 Å². The van der Waals surface area contributed by atoms with Crippen molar-refractivity contribution in [3.63, 3.8) is 0 Å². The molecule has 0 bridgehead atoms. The summed E-state index contributed by atoms with van der Waals surface area (Å²) in [7, 11) is 1.55. The topological polar surface area (TPSA) is 71.5 Å². The van der Waals surface area contributed by atoms with E-state index in [1.54, 1.807) is 19.2 Å². The van der Waals surface area contributed by atoms with Gasteiger partial charge in [-0.15, -0.1) is 0 Å². The normalized spacial score (nSPS) is 10.0. The van der Waals surface area contributed by atoms with Crippen molar-refractivity contribution in [3.8, 4) is 5.75 Å². The molecule has 6 heteroatoms. The molecule has 98 valence electrons. The van der Waals surface area contributed by atoms with E-state index >= 15 is 0 Å². The lowest BCUT2D eigenvalue weighted by atomic mass is 10.2. The largest absolute Gasteiger partial charge is 0.495 e. The number of carboxylic acid groups (broad SMARTS) is 1. The fourth-order valence-corrected chi connectivity index (χ4v) is 1.96. The van der Waals surface area contributed by atoms with Gasteiger partial charge in [-0.1, -0.05) is 15.9 Å². The second kappa shape index (κ2) is 5.71. The Hall–Kier alpha value is -2.08. The first kappa shape index (κ1) is 13.4. The maximum atomic E-state index is 11.1. The summed E-state index contributed by atoms with van der Waals surface area (Å²) in [5.74, 6) is -0.401. The number of hydrogen-bond donors (Lipinski definition) is 2. The summed E-state index contributed by atoms with van der Waals surface area (Å²) < 4.78 is 6.08. The maximum Gasteiger partial charge on any atom is 0.337 e. The van der Waals surface area contributed by atoms with Crippen LogP contribution in [-0.2, 0) is 0 Å². The number of pyridine rings is 1. The number of nitrogens with zero attached hydrogens (tertiary/aromatic N) is 1. The molecule has 0 aliphatic carbocycles. The molecule has 0 saturated heterocycles. The lowest BCUT2D eigenvalue weighted by Gasteiger charge is -2.12. The van der Waals surface area contributed by atoms with Gasteiger partial charge in [-0.3, -0.25) is 4.98 Å². The molecule has 0 atom stereocenters. The van der Waals surface area contributed by atoms with E-state index in [1.165, 1.54) is 18.5 Å². The average Bonchev–Trinajstić information content (AvgIpc) is 2.39. The summed E-state index contributed by atoms with van der Waals surface area (Å²) in [6.07, 6.45) is 2.90. The van der Waals surface area contributed by atoms with E-state index in [1.807, 2.05) is 6.07 Å². The zero-order valence-electron chi connectivity index (χ0n) is 10.1. The highest BCUT2D eigenvalue weighted by atomic mass is 79.9. The SMILES string of the molecule is COc1ccc(Br)cc1Nc1cnccc1C(=O)O. The van der Waals surface area contributed by atoms with Gasteiger partial charge in [0.15, 0.2) is 0 Å². The van der Waals surface area contributed by atoms with Crippen molar-refractivity contribution < 1.29 is 14.6 Å². The predicted molar refractivity (Wildman–Crippen MR) is 75.2 cm³/mol. The van der Waals surface area contributed by atoms with Crippen LogP contribution in [0.25, 0.3) is 0 Å². The molecule has 1 heterocycles. The number of anilines is 2. The molecule has 5 nitrogen and oxygen atoms in total. The molecular weight excluding hydrogens is 312 g/mol. The molecule has 1 aromatic heterocycles. The number of aromatic nitrogens is 1. The Kier molecular flexibility index (Phi) is 4.01. The standard InChI is InChI=1S/C13H11BrN2O3/c1-19-12-3-2-8(14)6-10(12)16-11-7-15-5-4-9(11)13(17)18/h2-7,16H,1H3,(H,17,18). The Morgan fingerprint density at radius 3 is 2.84 bits per heavy atom. The highest BCUT2D eigenvalue weighted by molar-refractivity contribution is 9.10.